The van der Waals surface area contributed by atoms with Crippen molar-refractivity contribution in [3.05, 3.63) is 59.0 Å². The Hall–Kier alpha value is -2.27. The number of para-hydroxylation sites is 1. The Morgan fingerprint density at radius 3 is 2.68 bits per heavy atom. The number of allylic oxidation sites excluding steroid dienone is 4. The Morgan fingerprint density at radius 1 is 1.32 bits per heavy atom. The second-order valence-corrected chi connectivity index (χ2v) is 8.59. The van der Waals surface area contributed by atoms with E-state index in [1.54, 1.807) is 6.08 Å². The largest absolute Gasteiger partial charge is 0.444 e. The van der Waals surface area contributed by atoms with Crippen LogP contribution in [0.25, 0.3) is 10.9 Å². The highest BCUT2D eigenvalue weighted by Crippen LogP contribution is 2.40. The third-order valence-electron chi connectivity index (χ3n) is 4.75. The molecule has 0 aliphatic heterocycles. The molecule has 4 nitrogen and oxygen atoms in total. The van der Waals surface area contributed by atoms with Gasteiger partial charge in [0, 0.05) is 5.39 Å². The van der Waals surface area contributed by atoms with Crippen molar-refractivity contribution >= 4 is 28.6 Å². The van der Waals surface area contributed by atoms with Crippen LogP contribution >= 0.6 is 11.6 Å². The minimum Gasteiger partial charge on any atom is -0.444 e. The molecular formula is C22H26ClFN2O2. The van der Waals surface area contributed by atoms with Crippen LogP contribution in [0, 0.1) is 5.92 Å². The number of carbonyl (C=O) groups is 1. The summed E-state index contributed by atoms with van der Waals surface area (Å²) < 4.78 is 21.5. The van der Waals surface area contributed by atoms with Gasteiger partial charge >= 0.3 is 6.09 Å². The number of benzene rings is 1. The maximum atomic E-state index is 14.1. The number of hydrogen-bond donors (Lipinski definition) is 1. The lowest BCUT2D eigenvalue weighted by Crippen LogP contribution is -2.35. The molecule has 1 N–H and O–H groups in total. The van der Waals surface area contributed by atoms with E-state index in [1.165, 1.54) is 6.08 Å². The van der Waals surface area contributed by atoms with Gasteiger partial charge in [-0.2, -0.15) is 0 Å². The molecule has 1 amide bonds. The van der Waals surface area contributed by atoms with Crippen LogP contribution in [-0.2, 0) is 4.74 Å². The molecule has 6 heteroatoms. The number of aromatic nitrogens is 1. The summed E-state index contributed by atoms with van der Waals surface area (Å²) in [5.41, 5.74) is 1.02. The minimum atomic E-state index is -0.602. The summed E-state index contributed by atoms with van der Waals surface area (Å²) in [7, 11) is 0. The first-order valence-electron chi connectivity index (χ1n) is 9.42. The number of fused-ring (bicyclic) bond motifs is 1. The van der Waals surface area contributed by atoms with E-state index in [0.29, 0.717) is 5.02 Å². The van der Waals surface area contributed by atoms with Crippen LogP contribution in [0.15, 0.2) is 48.3 Å². The van der Waals surface area contributed by atoms with Crippen molar-refractivity contribution in [2.24, 2.45) is 5.92 Å². The van der Waals surface area contributed by atoms with E-state index in [9.17, 15) is 9.18 Å². The molecule has 2 aromatic rings. The Kier molecular flexibility index (Phi) is 5.57. The summed E-state index contributed by atoms with van der Waals surface area (Å²) >= 11 is 6.73. The highest BCUT2D eigenvalue weighted by molar-refractivity contribution is 6.36. The number of alkyl carbamates (subject to hydrolysis) is 1. The van der Waals surface area contributed by atoms with Gasteiger partial charge in [0.05, 0.1) is 28.3 Å². The molecule has 0 bridgehead atoms. The normalized spacial score (nSPS) is 20.8. The lowest BCUT2D eigenvalue weighted by Gasteiger charge is -2.29. The van der Waals surface area contributed by atoms with E-state index in [4.69, 9.17) is 16.3 Å². The van der Waals surface area contributed by atoms with Crippen LogP contribution in [0.3, 0.4) is 0 Å². The molecule has 1 aliphatic rings. The first kappa shape index (κ1) is 20.5. The fraction of sp³-hybridized carbons (Fsp3) is 0.409. The predicted octanol–water partition coefficient (Wildman–Crippen LogP) is 6.48. The van der Waals surface area contributed by atoms with Gasteiger partial charge in [-0.15, -0.1) is 0 Å². The first-order chi connectivity index (χ1) is 13.1. The number of carbonyl (C=O) groups excluding carboxylic acids is 1. The molecule has 1 aliphatic carbocycles. The Balaban J connectivity index is 2.08. The van der Waals surface area contributed by atoms with Gasteiger partial charge < -0.3 is 14.6 Å². The highest BCUT2D eigenvalue weighted by Gasteiger charge is 2.29. The monoisotopic (exact) mass is 404 g/mol. The van der Waals surface area contributed by atoms with Crippen LogP contribution in [0.2, 0.25) is 5.02 Å². The smallest absolute Gasteiger partial charge is 0.408 e. The summed E-state index contributed by atoms with van der Waals surface area (Å²) in [5.74, 6) is -0.213. The Bertz CT molecular complexity index is 955. The summed E-state index contributed by atoms with van der Waals surface area (Å²) in [6, 6.07) is 7.05. The maximum Gasteiger partial charge on any atom is 0.408 e. The molecule has 0 fully saturated rings. The van der Waals surface area contributed by atoms with Gasteiger partial charge in [-0.25, -0.2) is 9.18 Å². The summed E-state index contributed by atoms with van der Waals surface area (Å²) in [4.78, 5) is 12.3. The van der Waals surface area contributed by atoms with Gasteiger partial charge in [0.1, 0.15) is 11.4 Å². The number of nitrogens with zero attached hydrogens (tertiary/aromatic N) is 1. The van der Waals surface area contributed by atoms with Gasteiger partial charge in [0.15, 0.2) is 0 Å². The molecule has 28 heavy (non-hydrogen) atoms. The minimum absolute atomic E-state index is 0.0684. The molecule has 3 atom stereocenters. The predicted molar refractivity (Wildman–Crippen MR) is 111 cm³/mol. The average Bonchev–Trinajstić information content (AvgIpc) is 2.88. The number of amides is 1. The number of rotatable bonds is 3. The molecule has 1 heterocycles. The van der Waals surface area contributed by atoms with E-state index < -0.39 is 17.7 Å². The number of ether oxygens (including phenoxy) is 1. The second kappa shape index (κ2) is 7.63. The first-order valence-corrected chi connectivity index (χ1v) is 9.79. The third-order valence-corrected chi connectivity index (χ3v) is 5.15. The van der Waals surface area contributed by atoms with Gasteiger partial charge in [0.25, 0.3) is 0 Å². The molecule has 0 spiro atoms. The standard InChI is InChI=1S/C22H26ClFN2O2/c1-13-10-11-15(24)12-18(13)26-17-9-7-6-8-16(17)19(23)20(26)14(2)25-21(27)28-22(3,4)5/h6-14,18H,1-5H3,(H,25,27). The molecular weight excluding hydrogens is 379 g/mol. The molecule has 3 unspecified atom stereocenters. The van der Waals surface area contributed by atoms with Crippen LogP contribution in [0.5, 0.6) is 0 Å². The molecule has 150 valence electrons. The second-order valence-electron chi connectivity index (χ2n) is 8.21. The molecule has 1 aromatic carbocycles. The zero-order valence-corrected chi connectivity index (χ0v) is 17.5. The van der Waals surface area contributed by atoms with E-state index in [0.717, 1.165) is 16.6 Å². The topological polar surface area (TPSA) is 43.3 Å². The van der Waals surface area contributed by atoms with E-state index in [1.807, 2.05) is 69.5 Å². The fourth-order valence-electron chi connectivity index (χ4n) is 3.55. The molecule has 3 rings (SSSR count). The Morgan fingerprint density at radius 2 is 2.00 bits per heavy atom. The van der Waals surface area contributed by atoms with Crippen molar-refractivity contribution in [1.29, 1.82) is 0 Å². The maximum absolute atomic E-state index is 14.1. The van der Waals surface area contributed by atoms with Gasteiger partial charge in [0.2, 0.25) is 0 Å². The zero-order chi connectivity index (χ0) is 20.6. The average molecular weight is 405 g/mol. The van der Waals surface area contributed by atoms with Crippen molar-refractivity contribution in [3.8, 4) is 0 Å². The van der Waals surface area contributed by atoms with Gasteiger partial charge in [-0.3, -0.25) is 0 Å². The molecule has 0 radical (unpaired) electrons. The van der Waals surface area contributed by atoms with Crippen LogP contribution in [0.4, 0.5) is 9.18 Å². The van der Waals surface area contributed by atoms with Gasteiger partial charge in [-0.05, 0) is 51.8 Å². The van der Waals surface area contributed by atoms with Crippen molar-refractivity contribution in [2.75, 3.05) is 0 Å². The summed E-state index contributed by atoms with van der Waals surface area (Å²) in [6.45, 7) is 9.31. The summed E-state index contributed by atoms with van der Waals surface area (Å²) in [6.07, 6.45) is 4.40. The van der Waals surface area contributed by atoms with Gasteiger partial charge in [-0.1, -0.05) is 42.8 Å². The van der Waals surface area contributed by atoms with Crippen LogP contribution in [-0.4, -0.2) is 16.3 Å². The lowest BCUT2D eigenvalue weighted by molar-refractivity contribution is 0.0506. The SMILES string of the molecule is CC(NC(=O)OC(C)(C)C)c1c(Cl)c2ccccc2n1C1C=C(F)C=CC1C. The third kappa shape index (κ3) is 4.09. The lowest BCUT2D eigenvalue weighted by atomic mass is 9.95. The van der Waals surface area contributed by atoms with E-state index in [-0.39, 0.29) is 17.8 Å². The molecule has 0 saturated heterocycles. The Labute approximate surface area is 170 Å². The number of hydrogen-bond acceptors (Lipinski definition) is 2. The van der Waals surface area contributed by atoms with Crippen molar-refractivity contribution < 1.29 is 13.9 Å². The van der Waals surface area contributed by atoms with Crippen LogP contribution in [0.1, 0.15) is 52.4 Å². The van der Waals surface area contributed by atoms with Crippen LogP contribution < -0.4 is 5.32 Å². The highest BCUT2D eigenvalue weighted by atomic mass is 35.5. The number of halogens is 2. The van der Waals surface area contributed by atoms with E-state index in [2.05, 4.69) is 5.32 Å². The van der Waals surface area contributed by atoms with Crippen molar-refractivity contribution in [1.82, 2.24) is 9.88 Å². The fourth-order valence-corrected chi connectivity index (χ4v) is 3.97. The zero-order valence-electron chi connectivity index (χ0n) is 16.8. The number of nitrogens with one attached hydrogen (secondary N) is 1. The summed E-state index contributed by atoms with van der Waals surface area (Å²) in [5, 5.41) is 4.28. The molecule has 0 saturated carbocycles. The van der Waals surface area contributed by atoms with Crippen molar-refractivity contribution in [3.63, 3.8) is 0 Å². The van der Waals surface area contributed by atoms with Crippen molar-refractivity contribution in [2.45, 2.75) is 52.3 Å². The van der Waals surface area contributed by atoms with E-state index >= 15 is 0 Å². The molecule has 1 aromatic heterocycles. The quantitative estimate of drug-likeness (QED) is 0.636.